The zero-order valence-corrected chi connectivity index (χ0v) is 25.1. The van der Waals surface area contributed by atoms with E-state index in [2.05, 4.69) is 26.5 Å². The maximum atomic E-state index is 11.9. The second-order valence-electron chi connectivity index (χ2n) is 9.80. The molecule has 8 heteroatoms. The van der Waals surface area contributed by atoms with Crippen molar-refractivity contribution < 1.29 is 23.9 Å². The fourth-order valence-electron chi connectivity index (χ4n) is 4.47. The predicted molar refractivity (Wildman–Crippen MR) is 153 cm³/mol. The van der Waals surface area contributed by atoms with Crippen LogP contribution in [0.1, 0.15) is 123 Å². The number of unbranched alkanes of at least 4 members (excludes halogenated alkanes) is 6. The lowest BCUT2D eigenvalue weighted by Gasteiger charge is -2.39. The van der Waals surface area contributed by atoms with Crippen molar-refractivity contribution in [3.05, 3.63) is 34.9 Å². The zero-order valence-electron chi connectivity index (χ0n) is 22.5. The van der Waals surface area contributed by atoms with Crippen LogP contribution in [0, 0.1) is 0 Å². The molecule has 0 heterocycles. The Morgan fingerprint density at radius 2 is 1.61 bits per heavy atom. The lowest BCUT2D eigenvalue weighted by atomic mass is 9.88. The van der Waals surface area contributed by atoms with Crippen LogP contribution in [-0.4, -0.2) is 27.6 Å². The maximum Gasteiger partial charge on any atom is 0.348 e. The second kappa shape index (κ2) is 17.8. The van der Waals surface area contributed by atoms with E-state index in [-0.39, 0.29) is 5.92 Å². The van der Waals surface area contributed by atoms with Crippen LogP contribution in [0.5, 0.6) is 0 Å². The van der Waals surface area contributed by atoms with E-state index < -0.39 is 31.0 Å². The Morgan fingerprint density at radius 3 is 2.14 bits per heavy atom. The molecule has 0 bridgehead atoms. The molecular weight excluding hydrogens is 515 g/mol. The Morgan fingerprint density at radius 1 is 1.00 bits per heavy atom. The van der Waals surface area contributed by atoms with E-state index in [1.54, 1.807) is 0 Å². The largest absolute Gasteiger partial charge is 0.479 e. The number of ether oxygens (including phenoxy) is 2. The third kappa shape index (κ3) is 11.8. The molecule has 0 aromatic heterocycles. The van der Waals surface area contributed by atoms with Crippen LogP contribution in [-0.2, 0) is 18.8 Å². The van der Waals surface area contributed by atoms with E-state index in [1.165, 1.54) is 44.6 Å². The predicted octanol–water partition coefficient (Wildman–Crippen LogP) is 9.63. The van der Waals surface area contributed by atoms with Gasteiger partial charge in [-0.25, -0.2) is 4.79 Å². The van der Waals surface area contributed by atoms with Crippen molar-refractivity contribution in [1.29, 1.82) is 0 Å². The molecule has 0 saturated heterocycles. The number of halogens is 1. The summed E-state index contributed by atoms with van der Waals surface area (Å²) in [5.74, 6) is -2.25. The molecule has 5 nitrogen and oxygen atoms in total. The number of rotatable bonds is 21. The molecule has 0 aliphatic carbocycles. The number of carboxylic acids is 1. The number of benzene rings is 1. The van der Waals surface area contributed by atoms with Crippen molar-refractivity contribution in [3.8, 4) is 0 Å². The SMILES string of the molecule is CCCCCCCCCC(S)OC(CC)(CCC(CCC)c1ccc(Cl)cc1)OC(C)(P=O)C(=O)O. The average molecular weight is 561 g/mol. The minimum Gasteiger partial charge on any atom is -0.479 e. The van der Waals surface area contributed by atoms with Gasteiger partial charge in [-0.1, -0.05) is 95.9 Å². The Hall–Kier alpha value is -0.650. The highest BCUT2D eigenvalue weighted by Gasteiger charge is 2.46. The summed E-state index contributed by atoms with van der Waals surface area (Å²) >= 11 is 10.8. The monoisotopic (exact) mass is 560 g/mol. The Balaban J connectivity index is 2.97. The van der Waals surface area contributed by atoms with Crippen LogP contribution < -0.4 is 0 Å². The molecule has 0 aliphatic rings. The van der Waals surface area contributed by atoms with Crippen LogP contribution in [0.3, 0.4) is 0 Å². The van der Waals surface area contributed by atoms with Crippen LogP contribution in [0.2, 0.25) is 5.02 Å². The van der Waals surface area contributed by atoms with Gasteiger partial charge in [0.2, 0.25) is 13.8 Å². The van der Waals surface area contributed by atoms with Crippen molar-refractivity contribution in [2.45, 2.75) is 134 Å². The van der Waals surface area contributed by atoms with E-state index in [4.69, 9.17) is 21.1 Å². The molecule has 1 aromatic rings. The normalized spacial score (nSPS) is 16.8. The van der Waals surface area contributed by atoms with Gasteiger partial charge in [-0.05, 0) is 56.2 Å². The molecule has 1 rings (SSSR count). The second-order valence-corrected chi connectivity index (χ2v) is 11.9. The molecule has 0 aliphatic heterocycles. The lowest BCUT2D eigenvalue weighted by Crippen LogP contribution is -2.47. The summed E-state index contributed by atoms with van der Waals surface area (Å²) in [6, 6.07) is 7.86. The van der Waals surface area contributed by atoms with Crippen molar-refractivity contribution in [2.75, 3.05) is 0 Å². The number of hydrogen-bond acceptors (Lipinski definition) is 5. The number of carboxylic acid groups (broad SMARTS) is 1. The fourth-order valence-corrected chi connectivity index (χ4v) is 5.25. The van der Waals surface area contributed by atoms with Gasteiger partial charge in [0.25, 0.3) is 0 Å². The first-order valence-electron chi connectivity index (χ1n) is 13.5. The number of carbonyl (C=O) groups is 1. The molecule has 0 radical (unpaired) electrons. The molecule has 36 heavy (non-hydrogen) atoms. The molecule has 4 atom stereocenters. The third-order valence-corrected chi connectivity index (χ3v) is 8.00. The van der Waals surface area contributed by atoms with Crippen molar-refractivity contribution in [2.24, 2.45) is 0 Å². The Kier molecular flexibility index (Phi) is 16.5. The number of hydrogen-bond donors (Lipinski definition) is 2. The molecule has 4 unspecified atom stereocenters. The van der Waals surface area contributed by atoms with Gasteiger partial charge in [0.1, 0.15) is 5.44 Å². The molecule has 206 valence electrons. The van der Waals surface area contributed by atoms with Crippen LogP contribution in [0.25, 0.3) is 0 Å². The van der Waals surface area contributed by atoms with Gasteiger partial charge in [0, 0.05) is 11.4 Å². The number of thiol groups is 1. The van der Waals surface area contributed by atoms with E-state index in [0.29, 0.717) is 17.9 Å². The lowest BCUT2D eigenvalue weighted by molar-refractivity contribution is -0.277. The molecule has 0 saturated carbocycles. The molecular formula is C28H46ClO5PS. The van der Waals surface area contributed by atoms with Crippen molar-refractivity contribution >= 4 is 38.7 Å². The van der Waals surface area contributed by atoms with Gasteiger partial charge in [0.15, 0.2) is 5.79 Å². The minimum absolute atomic E-state index is 0.243. The standard InChI is InChI=1S/C28H46ClO5PS/c1-5-8-9-10-11-12-13-15-25(36)33-28(7-3,34-27(4,35-32)26(30)31)21-20-22(14-6-2)23-16-18-24(29)19-17-23/h16-19,22,25,36H,5-15,20-21H2,1-4H3,(H,30,31). The van der Waals surface area contributed by atoms with Gasteiger partial charge in [-0.15, -0.1) is 12.6 Å². The zero-order chi connectivity index (χ0) is 27.0. The van der Waals surface area contributed by atoms with E-state index in [0.717, 1.165) is 38.5 Å². The average Bonchev–Trinajstić information content (AvgIpc) is 2.86. The summed E-state index contributed by atoms with van der Waals surface area (Å²) in [4.78, 5) is 11.9. The van der Waals surface area contributed by atoms with Crippen LogP contribution in [0.15, 0.2) is 24.3 Å². The molecule has 1 aromatic carbocycles. The van der Waals surface area contributed by atoms with Gasteiger partial charge >= 0.3 is 5.97 Å². The van der Waals surface area contributed by atoms with Crippen molar-refractivity contribution in [1.82, 2.24) is 0 Å². The van der Waals surface area contributed by atoms with E-state index in [1.807, 2.05) is 31.2 Å². The van der Waals surface area contributed by atoms with Gasteiger partial charge in [0.05, 0.1) is 0 Å². The number of aliphatic carboxylic acids is 1. The third-order valence-electron chi connectivity index (χ3n) is 6.75. The topological polar surface area (TPSA) is 72.8 Å². The highest BCUT2D eigenvalue weighted by atomic mass is 35.5. The van der Waals surface area contributed by atoms with E-state index >= 15 is 0 Å². The van der Waals surface area contributed by atoms with Crippen LogP contribution in [0.4, 0.5) is 0 Å². The smallest absolute Gasteiger partial charge is 0.348 e. The van der Waals surface area contributed by atoms with Crippen LogP contribution >= 0.6 is 32.7 Å². The minimum atomic E-state index is -1.90. The molecule has 0 fully saturated rings. The molecule has 0 spiro atoms. The molecule has 1 N–H and O–H groups in total. The summed E-state index contributed by atoms with van der Waals surface area (Å²) in [6.45, 7) is 7.60. The summed E-state index contributed by atoms with van der Waals surface area (Å²) in [5.41, 5.74) is 0.779. The fraction of sp³-hybridized carbons (Fsp3) is 0.750. The quantitative estimate of drug-likeness (QED) is 0.0677. The summed E-state index contributed by atoms with van der Waals surface area (Å²) in [5, 5.41) is 8.53. The van der Waals surface area contributed by atoms with Gasteiger partial charge in [-0.3, -0.25) is 4.57 Å². The first-order valence-corrected chi connectivity index (χ1v) is 15.2. The van der Waals surface area contributed by atoms with Crippen molar-refractivity contribution in [3.63, 3.8) is 0 Å². The van der Waals surface area contributed by atoms with E-state index in [9.17, 15) is 14.5 Å². The summed E-state index contributed by atoms with van der Waals surface area (Å²) < 4.78 is 24.3. The van der Waals surface area contributed by atoms with Gasteiger partial charge in [-0.2, -0.15) is 0 Å². The first-order chi connectivity index (χ1) is 17.1. The summed E-state index contributed by atoms with van der Waals surface area (Å²) in [7, 11) is -0.617. The Labute approximate surface area is 230 Å². The highest BCUT2D eigenvalue weighted by molar-refractivity contribution is 7.80. The molecule has 0 amide bonds. The highest BCUT2D eigenvalue weighted by Crippen LogP contribution is 2.40. The Bertz CT molecular complexity index is 765. The summed E-state index contributed by atoms with van der Waals surface area (Å²) in [6.07, 6.45) is 12.7. The maximum absolute atomic E-state index is 11.9. The first kappa shape index (κ1) is 33.4. The van der Waals surface area contributed by atoms with Gasteiger partial charge < -0.3 is 14.6 Å².